The number of likely N-dealkylation sites (tertiary alicyclic amines) is 1. The fourth-order valence-corrected chi connectivity index (χ4v) is 1.93. The summed E-state index contributed by atoms with van der Waals surface area (Å²) < 4.78 is 12.9. The van der Waals surface area contributed by atoms with E-state index in [1.54, 1.807) is 6.07 Å². The van der Waals surface area contributed by atoms with Crippen LogP contribution in [-0.2, 0) is 6.54 Å². The number of nitrogens with zero attached hydrogens (tertiary/aromatic N) is 2. The summed E-state index contributed by atoms with van der Waals surface area (Å²) in [6, 6.07) is 9.61. The molecule has 1 aliphatic rings. The summed E-state index contributed by atoms with van der Waals surface area (Å²) in [6.07, 6.45) is -0.0399. The molecule has 15 heavy (non-hydrogen) atoms. The van der Waals surface area contributed by atoms with Crippen molar-refractivity contribution in [3.8, 4) is 6.07 Å². The number of benzene rings is 1. The Morgan fingerprint density at radius 2 is 2.40 bits per heavy atom. The Morgan fingerprint density at radius 1 is 1.53 bits per heavy atom. The Balaban J connectivity index is 2.02. The summed E-state index contributed by atoms with van der Waals surface area (Å²) in [4.78, 5) is 2.08. The van der Waals surface area contributed by atoms with Gasteiger partial charge in [-0.1, -0.05) is 12.1 Å². The minimum absolute atomic E-state index is 0.525. The maximum atomic E-state index is 12.9. The lowest BCUT2D eigenvalue weighted by Crippen LogP contribution is -2.20. The summed E-state index contributed by atoms with van der Waals surface area (Å²) in [5.41, 5.74) is 1.76. The molecule has 0 aromatic heterocycles. The Hall–Kier alpha value is -1.40. The molecule has 1 saturated heterocycles. The van der Waals surface area contributed by atoms with Crippen LogP contribution in [0.2, 0.25) is 0 Å². The Labute approximate surface area is 88.9 Å². The summed E-state index contributed by atoms with van der Waals surface area (Å²) in [5, 5.41) is 8.74. The summed E-state index contributed by atoms with van der Waals surface area (Å²) in [7, 11) is 0. The van der Waals surface area contributed by atoms with Gasteiger partial charge in [0.15, 0.2) is 0 Å². The van der Waals surface area contributed by atoms with E-state index in [1.807, 2.05) is 18.2 Å². The predicted octanol–water partition coefficient (Wildman–Crippen LogP) is 2.10. The third-order valence-electron chi connectivity index (χ3n) is 2.68. The highest BCUT2D eigenvalue weighted by Gasteiger charge is 2.21. The molecule has 0 saturated carbocycles. The molecule has 0 N–H and O–H groups in total. The van der Waals surface area contributed by atoms with E-state index in [2.05, 4.69) is 11.0 Å². The van der Waals surface area contributed by atoms with Gasteiger partial charge >= 0.3 is 0 Å². The van der Waals surface area contributed by atoms with E-state index in [0.717, 1.165) is 18.7 Å². The van der Waals surface area contributed by atoms with Crippen molar-refractivity contribution in [2.45, 2.75) is 19.1 Å². The average Bonchev–Trinajstić information content (AvgIpc) is 2.64. The van der Waals surface area contributed by atoms with Crippen LogP contribution in [0.3, 0.4) is 0 Å². The van der Waals surface area contributed by atoms with E-state index >= 15 is 0 Å². The van der Waals surface area contributed by atoms with Gasteiger partial charge in [-0.05, 0) is 24.1 Å². The highest BCUT2D eigenvalue weighted by atomic mass is 19.1. The normalized spacial score (nSPS) is 21.5. The van der Waals surface area contributed by atoms with Crippen molar-refractivity contribution in [1.82, 2.24) is 4.90 Å². The van der Waals surface area contributed by atoms with Crippen molar-refractivity contribution in [3.05, 3.63) is 35.4 Å². The minimum atomic E-state index is -0.677. The molecule has 1 heterocycles. The fourth-order valence-electron chi connectivity index (χ4n) is 1.93. The molecule has 0 radical (unpaired) electrons. The van der Waals surface area contributed by atoms with E-state index in [0.29, 0.717) is 18.5 Å². The number of alkyl halides is 1. The molecular formula is C12H13FN2. The second-order valence-electron chi connectivity index (χ2n) is 3.93. The van der Waals surface area contributed by atoms with Gasteiger partial charge in [0.05, 0.1) is 11.6 Å². The molecule has 0 amide bonds. The topological polar surface area (TPSA) is 27.0 Å². The van der Waals surface area contributed by atoms with Crippen LogP contribution in [-0.4, -0.2) is 24.2 Å². The monoisotopic (exact) mass is 204 g/mol. The zero-order valence-electron chi connectivity index (χ0n) is 8.49. The molecule has 1 fully saturated rings. The molecule has 0 bridgehead atoms. The maximum absolute atomic E-state index is 12.9. The first-order chi connectivity index (χ1) is 7.28. The summed E-state index contributed by atoms with van der Waals surface area (Å²) in [5.74, 6) is 0. The summed E-state index contributed by atoms with van der Waals surface area (Å²) >= 11 is 0. The van der Waals surface area contributed by atoms with E-state index in [-0.39, 0.29) is 0 Å². The Bertz CT molecular complexity index is 383. The van der Waals surface area contributed by atoms with Crippen LogP contribution in [0.1, 0.15) is 17.5 Å². The maximum Gasteiger partial charge on any atom is 0.114 e. The Morgan fingerprint density at radius 3 is 3.07 bits per heavy atom. The van der Waals surface area contributed by atoms with Crippen LogP contribution in [0.5, 0.6) is 0 Å². The zero-order chi connectivity index (χ0) is 10.7. The molecule has 1 atom stereocenters. The lowest BCUT2D eigenvalue weighted by molar-refractivity contribution is 0.282. The zero-order valence-corrected chi connectivity index (χ0v) is 8.49. The number of rotatable bonds is 2. The van der Waals surface area contributed by atoms with Gasteiger partial charge in [0.1, 0.15) is 6.17 Å². The largest absolute Gasteiger partial charge is 0.296 e. The third kappa shape index (κ3) is 2.54. The van der Waals surface area contributed by atoms with Crippen molar-refractivity contribution >= 4 is 0 Å². The van der Waals surface area contributed by atoms with Gasteiger partial charge in [-0.25, -0.2) is 4.39 Å². The van der Waals surface area contributed by atoms with Gasteiger partial charge in [-0.3, -0.25) is 4.90 Å². The van der Waals surface area contributed by atoms with Crippen molar-refractivity contribution in [1.29, 1.82) is 5.26 Å². The lowest BCUT2D eigenvalue weighted by Gasteiger charge is -2.14. The van der Waals surface area contributed by atoms with Crippen molar-refractivity contribution < 1.29 is 4.39 Å². The van der Waals surface area contributed by atoms with E-state index in [4.69, 9.17) is 5.26 Å². The molecule has 3 heteroatoms. The quantitative estimate of drug-likeness (QED) is 0.737. The second-order valence-corrected chi connectivity index (χ2v) is 3.93. The number of hydrogen-bond donors (Lipinski definition) is 0. The molecule has 2 rings (SSSR count). The van der Waals surface area contributed by atoms with Crippen LogP contribution in [0, 0.1) is 11.3 Å². The molecule has 2 nitrogen and oxygen atoms in total. The van der Waals surface area contributed by atoms with Crippen molar-refractivity contribution in [2.75, 3.05) is 13.1 Å². The van der Waals surface area contributed by atoms with Gasteiger partial charge in [-0.15, -0.1) is 0 Å². The lowest BCUT2D eigenvalue weighted by atomic mass is 10.1. The molecule has 1 aliphatic heterocycles. The molecule has 0 spiro atoms. The molecule has 1 aromatic carbocycles. The van der Waals surface area contributed by atoms with Gasteiger partial charge in [-0.2, -0.15) is 5.26 Å². The van der Waals surface area contributed by atoms with Crippen LogP contribution in [0.4, 0.5) is 4.39 Å². The first-order valence-electron chi connectivity index (χ1n) is 5.13. The van der Waals surface area contributed by atoms with Crippen molar-refractivity contribution in [2.24, 2.45) is 0 Å². The third-order valence-corrected chi connectivity index (χ3v) is 2.68. The van der Waals surface area contributed by atoms with E-state index in [9.17, 15) is 4.39 Å². The summed E-state index contributed by atoms with van der Waals surface area (Å²) in [6.45, 7) is 2.09. The van der Waals surface area contributed by atoms with Gasteiger partial charge < -0.3 is 0 Å². The smallest absolute Gasteiger partial charge is 0.114 e. The molecule has 1 unspecified atom stereocenters. The van der Waals surface area contributed by atoms with Crippen LogP contribution in [0.15, 0.2) is 24.3 Å². The second kappa shape index (κ2) is 4.41. The number of nitriles is 1. The molecule has 1 aromatic rings. The SMILES string of the molecule is N#Cc1cccc(CN2CCC(F)C2)c1. The number of halogens is 1. The van der Waals surface area contributed by atoms with Gasteiger partial charge in [0, 0.05) is 19.6 Å². The highest BCUT2D eigenvalue weighted by Crippen LogP contribution is 2.16. The minimum Gasteiger partial charge on any atom is -0.296 e. The standard InChI is InChI=1S/C12H13FN2/c13-12-4-5-15(9-12)8-11-3-1-2-10(6-11)7-14/h1-3,6,12H,4-5,8-9H2. The highest BCUT2D eigenvalue weighted by molar-refractivity contribution is 5.32. The van der Waals surface area contributed by atoms with E-state index in [1.165, 1.54) is 0 Å². The van der Waals surface area contributed by atoms with Crippen molar-refractivity contribution in [3.63, 3.8) is 0 Å². The average molecular weight is 204 g/mol. The number of hydrogen-bond acceptors (Lipinski definition) is 2. The van der Waals surface area contributed by atoms with Crippen LogP contribution >= 0.6 is 0 Å². The van der Waals surface area contributed by atoms with E-state index < -0.39 is 6.17 Å². The first kappa shape index (κ1) is 10.1. The van der Waals surface area contributed by atoms with Crippen LogP contribution in [0.25, 0.3) is 0 Å². The first-order valence-corrected chi connectivity index (χ1v) is 5.13. The van der Waals surface area contributed by atoms with Gasteiger partial charge in [0.25, 0.3) is 0 Å². The predicted molar refractivity (Wildman–Crippen MR) is 55.9 cm³/mol. The molecular weight excluding hydrogens is 191 g/mol. The molecule has 0 aliphatic carbocycles. The Kier molecular flexibility index (Phi) is 2.98. The van der Waals surface area contributed by atoms with Gasteiger partial charge in [0.2, 0.25) is 0 Å². The fraction of sp³-hybridized carbons (Fsp3) is 0.417. The van der Waals surface area contributed by atoms with Crippen LogP contribution < -0.4 is 0 Å². The molecule has 78 valence electrons.